The van der Waals surface area contributed by atoms with Crippen LogP contribution in [0.3, 0.4) is 0 Å². The van der Waals surface area contributed by atoms with Crippen LogP contribution >= 0.6 is 22.3 Å². The predicted molar refractivity (Wildman–Crippen MR) is 107 cm³/mol. The molecule has 0 fully saturated rings. The Kier molecular flexibility index (Phi) is 5.78. The van der Waals surface area contributed by atoms with Gasteiger partial charge < -0.3 is 4.31 Å². The monoisotopic (exact) mass is 394 g/mol. The smallest absolute Gasteiger partial charge is 0.278 e. The highest BCUT2D eigenvalue weighted by Crippen LogP contribution is 2.26. The van der Waals surface area contributed by atoms with Gasteiger partial charge in [-0.15, -0.1) is 10.7 Å². The van der Waals surface area contributed by atoms with E-state index in [2.05, 4.69) is 25.4 Å². The Morgan fingerprint density at radius 3 is 2.46 bits per heavy atom. The largest absolute Gasteiger partial charge is 0.303 e. The van der Waals surface area contributed by atoms with Crippen molar-refractivity contribution in [3.63, 3.8) is 0 Å². The lowest BCUT2D eigenvalue weighted by molar-refractivity contribution is 0.224. The Bertz CT molecular complexity index is 864. The Hall–Kier alpha value is -2.12. The Balaban J connectivity index is 1.72. The highest BCUT2D eigenvalue weighted by molar-refractivity contribution is 8.14. The van der Waals surface area contributed by atoms with Gasteiger partial charge in [0.05, 0.1) is 17.3 Å². The van der Waals surface area contributed by atoms with Crippen molar-refractivity contribution < 1.29 is 8.78 Å². The molecule has 2 heterocycles. The normalized spacial score (nSPS) is 15.0. The van der Waals surface area contributed by atoms with Gasteiger partial charge in [-0.05, 0) is 29.5 Å². The number of hydrogen-bond acceptors (Lipinski definition) is 4. The second-order valence-corrected chi connectivity index (χ2v) is 7.86. The van der Waals surface area contributed by atoms with E-state index in [9.17, 15) is 8.78 Å². The van der Waals surface area contributed by atoms with Crippen LogP contribution in [0.4, 0.5) is 14.6 Å². The molecule has 1 aromatic heterocycles. The first-order valence-corrected chi connectivity index (χ1v) is 9.93. The molecular weight excluding hydrogens is 378 g/mol. The van der Waals surface area contributed by atoms with Crippen molar-refractivity contribution in [2.24, 2.45) is 10.2 Å². The van der Waals surface area contributed by atoms with Gasteiger partial charge in [-0.25, -0.2) is 13.8 Å². The maximum atomic E-state index is 12.7. The molecular formula is C18H17ClF2N4S. The van der Waals surface area contributed by atoms with Gasteiger partial charge in [0.2, 0.25) is 0 Å². The molecule has 4 nitrogen and oxygen atoms in total. The summed E-state index contributed by atoms with van der Waals surface area (Å²) in [6, 6.07) is 11.3. The molecule has 1 unspecified atom stereocenters. The number of anilines is 1. The predicted octanol–water partition coefficient (Wildman–Crippen LogP) is 4.80. The molecule has 0 saturated heterocycles. The van der Waals surface area contributed by atoms with Crippen molar-refractivity contribution in [2.75, 3.05) is 10.6 Å². The minimum atomic E-state index is -2.56. The fraction of sp³-hybridized carbons (Fsp3) is 0.222. The topological polar surface area (TPSA) is 40.9 Å². The van der Waals surface area contributed by atoms with Crippen LogP contribution in [0.15, 0.2) is 52.8 Å². The first-order valence-electron chi connectivity index (χ1n) is 7.79. The minimum absolute atomic E-state index is 0.0924. The third-order valence-electron chi connectivity index (χ3n) is 3.86. The molecule has 0 radical (unpaired) electrons. The van der Waals surface area contributed by atoms with Crippen LogP contribution in [-0.4, -0.2) is 35.0 Å². The van der Waals surface area contributed by atoms with E-state index in [0.717, 1.165) is 16.9 Å². The lowest BCUT2D eigenvalue weighted by Crippen LogP contribution is -2.16. The van der Waals surface area contributed by atoms with Gasteiger partial charge in [0.15, 0.2) is 0 Å². The Morgan fingerprint density at radius 2 is 1.92 bits per heavy atom. The molecule has 0 bridgehead atoms. The fourth-order valence-electron chi connectivity index (χ4n) is 2.48. The molecule has 1 atom stereocenters. The van der Waals surface area contributed by atoms with E-state index in [1.54, 1.807) is 12.3 Å². The van der Waals surface area contributed by atoms with E-state index in [0.29, 0.717) is 17.3 Å². The first-order chi connectivity index (χ1) is 12.4. The quantitative estimate of drug-likeness (QED) is 0.660. The van der Waals surface area contributed by atoms with Crippen LogP contribution in [-0.2, 0) is 6.54 Å². The zero-order valence-corrected chi connectivity index (χ0v) is 15.6. The van der Waals surface area contributed by atoms with Gasteiger partial charge in [-0.1, -0.05) is 41.7 Å². The average Bonchev–Trinajstić information content (AvgIpc) is 3.11. The minimum Gasteiger partial charge on any atom is -0.303 e. The Morgan fingerprint density at radius 1 is 1.19 bits per heavy atom. The van der Waals surface area contributed by atoms with Crippen LogP contribution in [0.1, 0.15) is 17.5 Å². The molecule has 1 aromatic carbocycles. The van der Waals surface area contributed by atoms with Crippen molar-refractivity contribution in [3.05, 3.63) is 58.7 Å². The molecule has 8 heteroatoms. The number of benzene rings is 1. The number of pyridine rings is 1. The van der Waals surface area contributed by atoms with Crippen LogP contribution in [0.2, 0.25) is 5.02 Å². The summed E-state index contributed by atoms with van der Waals surface area (Å²) in [6.45, 7) is 0.628. The second kappa shape index (κ2) is 8.05. The SMILES string of the molecule is C=S(C)N(Cc1ccc(C2=NN=C(C(F)F)C2)cc1)c1ccc(Cl)cn1. The van der Waals surface area contributed by atoms with Crippen LogP contribution < -0.4 is 4.31 Å². The number of alkyl halides is 2. The van der Waals surface area contributed by atoms with Crippen LogP contribution in [0, 0.1) is 0 Å². The van der Waals surface area contributed by atoms with Crippen molar-refractivity contribution in [1.29, 1.82) is 0 Å². The molecule has 0 aliphatic carbocycles. The number of halogens is 3. The number of nitrogens with zero attached hydrogens (tertiary/aromatic N) is 4. The van der Waals surface area contributed by atoms with Gasteiger partial charge in [0.25, 0.3) is 6.43 Å². The molecule has 0 amide bonds. The Labute approximate surface area is 158 Å². The lowest BCUT2D eigenvalue weighted by Gasteiger charge is -2.24. The molecule has 1 aliphatic rings. The van der Waals surface area contributed by atoms with E-state index in [1.807, 2.05) is 36.6 Å². The summed E-state index contributed by atoms with van der Waals surface area (Å²) in [5.74, 6) is 4.91. The van der Waals surface area contributed by atoms with Crippen molar-refractivity contribution in [2.45, 2.75) is 19.4 Å². The molecule has 1 aliphatic heterocycles. The summed E-state index contributed by atoms with van der Waals surface area (Å²) in [5, 5.41) is 8.00. The lowest BCUT2D eigenvalue weighted by atomic mass is 10.0. The highest BCUT2D eigenvalue weighted by Gasteiger charge is 2.21. The molecule has 26 heavy (non-hydrogen) atoms. The summed E-state index contributed by atoms with van der Waals surface area (Å²) in [5.41, 5.74) is 2.24. The van der Waals surface area contributed by atoms with Gasteiger partial charge in [0, 0.05) is 12.6 Å². The summed E-state index contributed by atoms with van der Waals surface area (Å²) in [6.07, 6.45) is 1.16. The van der Waals surface area contributed by atoms with E-state index < -0.39 is 6.43 Å². The van der Waals surface area contributed by atoms with Gasteiger partial charge >= 0.3 is 0 Å². The van der Waals surface area contributed by atoms with Crippen molar-refractivity contribution in [1.82, 2.24) is 4.98 Å². The van der Waals surface area contributed by atoms with Crippen LogP contribution in [0.5, 0.6) is 0 Å². The third kappa shape index (κ3) is 4.34. The number of hydrogen-bond donors (Lipinski definition) is 0. The van der Waals surface area contributed by atoms with Gasteiger partial charge in [-0.3, -0.25) is 0 Å². The standard InChI is InChI=1S/C18H17ClF2N4S/c1-26(2)25(17-8-7-14(19)10-22-17)11-12-3-5-13(6-4-12)15-9-16(18(20)21)24-23-15/h3-8,10,18H,1,9,11H2,2H3. The third-order valence-corrected chi connectivity index (χ3v) is 5.15. The van der Waals surface area contributed by atoms with E-state index in [-0.39, 0.29) is 22.8 Å². The van der Waals surface area contributed by atoms with Crippen LogP contribution in [0.25, 0.3) is 0 Å². The van der Waals surface area contributed by atoms with Gasteiger partial charge in [-0.2, -0.15) is 10.2 Å². The van der Waals surface area contributed by atoms with E-state index in [4.69, 9.17) is 11.6 Å². The highest BCUT2D eigenvalue weighted by atomic mass is 35.5. The zero-order chi connectivity index (χ0) is 18.7. The van der Waals surface area contributed by atoms with Crippen molar-refractivity contribution >= 4 is 45.4 Å². The zero-order valence-electron chi connectivity index (χ0n) is 14.1. The summed E-state index contributed by atoms with van der Waals surface area (Å²) in [4.78, 5) is 4.36. The molecule has 3 rings (SSSR count). The summed E-state index contributed by atoms with van der Waals surface area (Å²) in [7, 11) is -0.276. The molecule has 136 valence electrons. The first kappa shape index (κ1) is 18.7. The molecule has 0 spiro atoms. The summed E-state index contributed by atoms with van der Waals surface area (Å²) < 4.78 is 27.4. The van der Waals surface area contributed by atoms with Gasteiger partial charge in [0.1, 0.15) is 11.5 Å². The van der Waals surface area contributed by atoms with E-state index in [1.165, 1.54) is 0 Å². The molecule has 2 aromatic rings. The molecule has 0 saturated carbocycles. The number of rotatable bonds is 6. The fourth-order valence-corrected chi connectivity index (χ4v) is 3.39. The average molecular weight is 395 g/mol. The maximum Gasteiger partial charge on any atom is 0.278 e. The number of aromatic nitrogens is 1. The van der Waals surface area contributed by atoms with E-state index >= 15 is 0 Å². The second-order valence-electron chi connectivity index (χ2n) is 5.78. The maximum absolute atomic E-state index is 12.7. The summed E-state index contributed by atoms with van der Waals surface area (Å²) >= 11 is 5.90. The van der Waals surface area contributed by atoms with Crippen molar-refractivity contribution in [3.8, 4) is 0 Å². The molecule has 0 N–H and O–H groups in total.